The molecule has 0 aliphatic rings. The lowest BCUT2D eigenvalue weighted by Gasteiger charge is -2.00. The van der Waals surface area contributed by atoms with Gasteiger partial charge in [0.1, 0.15) is 0 Å². The molecule has 0 amide bonds. The molecule has 0 fully saturated rings. The largest absolute Gasteiger partial charge is 0.435 e. The number of allylic oxidation sites excluding steroid dienone is 2. The molecule has 0 aliphatic heterocycles. The summed E-state index contributed by atoms with van der Waals surface area (Å²) in [6.07, 6.45) is 13.5. The molecule has 2 heteroatoms. The molecule has 0 spiro atoms. The van der Waals surface area contributed by atoms with E-state index < -0.39 is 0 Å². The van der Waals surface area contributed by atoms with E-state index in [0.717, 1.165) is 25.7 Å². The molecule has 0 rings (SSSR count). The molecule has 0 aromatic rings. The molecule has 0 atom stereocenters. The van der Waals surface area contributed by atoms with Crippen LogP contribution in [0.15, 0.2) is 25.0 Å². The quantitative estimate of drug-likeness (QED) is 0.238. The van der Waals surface area contributed by atoms with E-state index in [2.05, 4.69) is 6.58 Å². The summed E-state index contributed by atoms with van der Waals surface area (Å²) in [5.74, 6) is -0.115. The molecule has 0 radical (unpaired) electrons. The maximum Gasteiger partial charge on any atom is 0.310 e. The fourth-order valence-corrected chi connectivity index (χ4v) is 1.37. The van der Waals surface area contributed by atoms with Gasteiger partial charge in [0, 0.05) is 6.42 Å². The highest BCUT2D eigenvalue weighted by molar-refractivity contribution is 5.69. The Morgan fingerprint density at radius 3 is 2.56 bits per heavy atom. The average molecular weight is 224 g/mol. The lowest BCUT2D eigenvalue weighted by atomic mass is 10.1. The second kappa shape index (κ2) is 12.0. The Kier molecular flexibility index (Phi) is 11.2. The van der Waals surface area contributed by atoms with E-state index in [4.69, 9.17) is 4.74 Å². The van der Waals surface area contributed by atoms with Crippen molar-refractivity contribution >= 4 is 5.97 Å². The second-order valence-electron chi connectivity index (χ2n) is 3.87. The highest BCUT2D eigenvalue weighted by Crippen LogP contribution is 2.07. The number of hydrogen-bond donors (Lipinski definition) is 0. The zero-order valence-electron chi connectivity index (χ0n) is 10.4. The first-order valence-electron chi connectivity index (χ1n) is 6.26. The molecule has 2 nitrogen and oxygen atoms in total. The van der Waals surface area contributed by atoms with Gasteiger partial charge in [-0.05, 0) is 31.8 Å². The summed E-state index contributed by atoms with van der Waals surface area (Å²) >= 11 is 0. The minimum atomic E-state index is -0.115. The number of rotatable bonds is 10. The highest BCUT2D eigenvalue weighted by atomic mass is 16.5. The Hall–Kier alpha value is -1.05. The van der Waals surface area contributed by atoms with Crippen LogP contribution in [0.1, 0.15) is 58.3 Å². The predicted octanol–water partition coefficient (Wildman–Crippen LogP) is 4.37. The number of esters is 1. The van der Waals surface area contributed by atoms with Crippen molar-refractivity contribution in [3.05, 3.63) is 25.0 Å². The molecular formula is C14H24O2. The number of carbonyl (C=O) groups is 1. The van der Waals surface area contributed by atoms with Crippen LogP contribution < -0.4 is 0 Å². The third kappa shape index (κ3) is 11.0. The summed E-state index contributed by atoms with van der Waals surface area (Å²) in [4.78, 5) is 11.2. The topological polar surface area (TPSA) is 26.3 Å². The van der Waals surface area contributed by atoms with Crippen molar-refractivity contribution in [3.8, 4) is 0 Å². The fraction of sp³-hybridized carbons (Fsp3) is 0.643. The van der Waals surface area contributed by atoms with E-state index >= 15 is 0 Å². The summed E-state index contributed by atoms with van der Waals surface area (Å²) < 4.78 is 4.89. The van der Waals surface area contributed by atoms with Crippen molar-refractivity contribution in [2.45, 2.75) is 58.3 Å². The Morgan fingerprint density at radius 1 is 1.19 bits per heavy atom. The fourth-order valence-electron chi connectivity index (χ4n) is 1.37. The summed E-state index contributed by atoms with van der Waals surface area (Å²) in [6.45, 7) is 5.69. The first-order valence-corrected chi connectivity index (χ1v) is 6.26. The van der Waals surface area contributed by atoms with Crippen molar-refractivity contribution in [3.63, 3.8) is 0 Å². The molecular weight excluding hydrogens is 200 g/mol. The third-order valence-electron chi connectivity index (χ3n) is 2.32. The van der Waals surface area contributed by atoms with Crippen molar-refractivity contribution in [2.24, 2.45) is 0 Å². The van der Waals surface area contributed by atoms with Crippen molar-refractivity contribution in [2.75, 3.05) is 0 Å². The lowest BCUT2D eigenvalue weighted by Crippen LogP contribution is -1.98. The molecule has 0 unspecified atom stereocenters. The zero-order valence-corrected chi connectivity index (χ0v) is 10.4. The average Bonchev–Trinajstić information content (AvgIpc) is 2.28. The minimum Gasteiger partial charge on any atom is -0.435 e. The summed E-state index contributed by atoms with van der Waals surface area (Å²) in [7, 11) is 0. The summed E-state index contributed by atoms with van der Waals surface area (Å²) in [5, 5.41) is 0. The monoisotopic (exact) mass is 224 g/mol. The van der Waals surface area contributed by atoms with Gasteiger partial charge in [-0.1, -0.05) is 32.3 Å². The van der Waals surface area contributed by atoms with Gasteiger partial charge in [0.05, 0.1) is 6.26 Å². The number of carbonyl (C=O) groups excluding carboxylic acids is 1. The molecule has 0 aliphatic carbocycles. The van der Waals surface area contributed by atoms with Gasteiger partial charge in [0.25, 0.3) is 0 Å². The molecule has 0 aromatic carbocycles. The normalized spacial score (nSPS) is 10.6. The van der Waals surface area contributed by atoms with E-state index in [-0.39, 0.29) is 5.97 Å². The van der Waals surface area contributed by atoms with Gasteiger partial charge in [-0.3, -0.25) is 4.79 Å². The molecule has 0 N–H and O–H groups in total. The Bertz CT molecular complexity index is 207. The predicted molar refractivity (Wildman–Crippen MR) is 68.0 cm³/mol. The van der Waals surface area contributed by atoms with E-state index in [0.29, 0.717) is 6.42 Å². The smallest absolute Gasteiger partial charge is 0.310 e. The molecule has 0 heterocycles. The van der Waals surface area contributed by atoms with Crippen LogP contribution in [-0.2, 0) is 9.53 Å². The molecule has 16 heavy (non-hydrogen) atoms. The molecule has 0 saturated carbocycles. The summed E-state index contributed by atoms with van der Waals surface area (Å²) in [5.41, 5.74) is 0. The van der Waals surface area contributed by atoms with Gasteiger partial charge < -0.3 is 4.74 Å². The standard InChI is InChI=1S/C14H24O2/c1-3-5-7-8-9-10-11-12-14(15)16-13-6-4-2/h3,6,13H,1,4-5,7-12H2,2H3/b13-6+. The van der Waals surface area contributed by atoms with Crippen LogP contribution in [0.3, 0.4) is 0 Å². The maximum absolute atomic E-state index is 11.2. The van der Waals surface area contributed by atoms with Crippen LogP contribution in [0.4, 0.5) is 0 Å². The first kappa shape index (κ1) is 14.9. The SMILES string of the molecule is C=CCCCCCCCC(=O)O/C=C/CC. The van der Waals surface area contributed by atoms with Crippen LogP contribution in [0.2, 0.25) is 0 Å². The first-order chi connectivity index (χ1) is 7.81. The van der Waals surface area contributed by atoms with Crippen LogP contribution in [0.25, 0.3) is 0 Å². The van der Waals surface area contributed by atoms with Gasteiger partial charge in [0.2, 0.25) is 0 Å². The Balaban J connectivity index is 3.21. The van der Waals surface area contributed by atoms with Crippen LogP contribution in [-0.4, -0.2) is 5.97 Å². The maximum atomic E-state index is 11.2. The van der Waals surface area contributed by atoms with Gasteiger partial charge in [-0.2, -0.15) is 0 Å². The van der Waals surface area contributed by atoms with Gasteiger partial charge >= 0.3 is 5.97 Å². The minimum absolute atomic E-state index is 0.115. The van der Waals surface area contributed by atoms with Crippen LogP contribution in [0.5, 0.6) is 0 Å². The van der Waals surface area contributed by atoms with Crippen molar-refractivity contribution in [1.82, 2.24) is 0 Å². The van der Waals surface area contributed by atoms with E-state index in [1.165, 1.54) is 25.5 Å². The molecule has 92 valence electrons. The molecule has 0 bridgehead atoms. The molecule has 0 saturated heterocycles. The van der Waals surface area contributed by atoms with Gasteiger partial charge in [-0.25, -0.2) is 0 Å². The van der Waals surface area contributed by atoms with Crippen LogP contribution in [0, 0.1) is 0 Å². The number of unbranched alkanes of at least 4 members (excludes halogenated alkanes) is 5. The zero-order chi connectivity index (χ0) is 12.1. The van der Waals surface area contributed by atoms with E-state index in [9.17, 15) is 4.79 Å². The lowest BCUT2D eigenvalue weighted by molar-refractivity contribution is -0.138. The van der Waals surface area contributed by atoms with Crippen molar-refractivity contribution in [1.29, 1.82) is 0 Å². The van der Waals surface area contributed by atoms with Crippen molar-refractivity contribution < 1.29 is 9.53 Å². The second-order valence-corrected chi connectivity index (χ2v) is 3.87. The summed E-state index contributed by atoms with van der Waals surface area (Å²) in [6, 6.07) is 0. The number of ether oxygens (including phenoxy) is 1. The highest BCUT2D eigenvalue weighted by Gasteiger charge is 1.99. The van der Waals surface area contributed by atoms with E-state index in [1.807, 2.05) is 19.1 Å². The Morgan fingerprint density at radius 2 is 1.88 bits per heavy atom. The van der Waals surface area contributed by atoms with E-state index in [1.54, 1.807) is 0 Å². The number of hydrogen-bond acceptors (Lipinski definition) is 2. The Labute approximate surface area is 99.4 Å². The third-order valence-corrected chi connectivity index (χ3v) is 2.32. The van der Waals surface area contributed by atoms with Gasteiger partial charge in [0.15, 0.2) is 0 Å². The molecule has 0 aromatic heterocycles. The van der Waals surface area contributed by atoms with Gasteiger partial charge in [-0.15, -0.1) is 6.58 Å². The van der Waals surface area contributed by atoms with Crippen LogP contribution >= 0.6 is 0 Å².